The number of hydrogen-bond donors (Lipinski definition) is 2. The molecule has 0 aliphatic carbocycles. The summed E-state index contributed by atoms with van der Waals surface area (Å²) in [5.41, 5.74) is 3.80. The molecule has 0 aromatic heterocycles. The van der Waals surface area contributed by atoms with Gasteiger partial charge in [-0.05, 0) is 36.6 Å². The van der Waals surface area contributed by atoms with Crippen LogP contribution in [0.4, 0.5) is 0 Å². The van der Waals surface area contributed by atoms with Crippen molar-refractivity contribution in [3.05, 3.63) is 28.3 Å². The maximum Gasteiger partial charge on any atom is 0.220 e. The first kappa shape index (κ1) is 16.8. The standard InChI is InChI=1S/C17H25NO4/c1-5-16(20)18-14-6-7-22-17-11(3)10(2)12(8-13(14)17)15(19)9-21-4/h8,14-15,19H,5-7,9H2,1-4H3,(H,18,20). The molecule has 0 saturated carbocycles. The van der Waals surface area contributed by atoms with E-state index in [1.165, 1.54) is 0 Å². The fraction of sp³-hybridized carbons (Fsp3) is 0.588. The number of fused-ring (bicyclic) bond motifs is 1. The Morgan fingerprint density at radius 3 is 2.86 bits per heavy atom. The molecule has 1 aromatic rings. The molecule has 1 aromatic carbocycles. The van der Waals surface area contributed by atoms with E-state index in [-0.39, 0.29) is 18.6 Å². The summed E-state index contributed by atoms with van der Waals surface area (Å²) in [6, 6.07) is 1.88. The fourth-order valence-corrected chi connectivity index (χ4v) is 2.87. The zero-order valence-corrected chi connectivity index (χ0v) is 13.7. The van der Waals surface area contributed by atoms with E-state index < -0.39 is 6.10 Å². The fourth-order valence-electron chi connectivity index (χ4n) is 2.87. The average molecular weight is 307 g/mol. The number of ether oxygens (including phenoxy) is 2. The van der Waals surface area contributed by atoms with Crippen molar-refractivity contribution in [3.8, 4) is 5.75 Å². The Bertz CT molecular complexity index is 556. The van der Waals surface area contributed by atoms with Gasteiger partial charge in [0.15, 0.2) is 0 Å². The van der Waals surface area contributed by atoms with Crippen LogP contribution in [0, 0.1) is 13.8 Å². The summed E-state index contributed by atoms with van der Waals surface area (Å²) in [5, 5.41) is 13.3. The van der Waals surface area contributed by atoms with Crippen molar-refractivity contribution in [2.45, 2.75) is 45.8 Å². The number of hydrogen-bond acceptors (Lipinski definition) is 4. The lowest BCUT2D eigenvalue weighted by Gasteiger charge is -2.30. The van der Waals surface area contributed by atoms with Gasteiger partial charge in [-0.15, -0.1) is 0 Å². The highest BCUT2D eigenvalue weighted by molar-refractivity contribution is 5.76. The number of nitrogens with one attached hydrogen (secondary N) is 1. The van der Waals surface area contributed by atoms with Gasteiger partial charge < -0.3 is 19.9 Å². The van der Waals surface area contributed by atoms with Crippen LogP contribution in [0.3, 0.4) is 0 Å². The summed E-state index contributed by atoms with van der Waals surface area (Å²) in [4.78, 5) is 11.7. The summed E-state index contributed by atoms with van der Waals surface area (Å²) in [6.45, 7) is 6.63. The molecule has 0 spiro atoms. The van der Waals surface area contributed by atoms with Crippen molar-refractivity contribution >= 4 is 5.91 Å². The highest BCUT2D eigenvalue weighted by atomic mass is 16.5. The molecule has 2 rings (SSSR count). The van der Waals surface area contributed by atoms with Crippen molar-refractivity contribution in [2.24, 2.45) is 0 Å². The molecule has 5 nitrogen and oxygen atoms in total. The number of methoxy groups -OCH3 is 1. The maximum absolute atomic E-state index is 11.7. The van der Waals surface area contributed by atoms with Gasteiger partial charge in [0.05, 0.1) is 19.3 Å². The Labute approximate surface area is 131 Å². The van der Waals surface area contributed by atoms with Crippen LogP contribution < -0.4 is 10.1 Å². The van der Waals surface area contributed by atoms with Gasteiger partial charge in [0, 0.05) is 25.5 Å². The van der Waals surface area contributed by atoms with Crippen LogP contribution in [-0.4, -0.2) is 31.3 Å². The monoisotopic (exact) mass is 307 g/mol. The number of benzene rings is 1. The van der Waals surface area contributed by atoms with E-state index >= 15 is 0 Å². The quantitative estimate of drug-likeness (QED) is 0.876. The molecule has 122 valence electrons. The van der Waals surface area contributed by atoms with E-state index in [0.29, 0.717) is 13.0 Å². The van der Waals surface area contributed by atoms with Gasteiger partial charge in [0.1, 0.15) is 11.9 Å². The number of aliphatic hydroxyl groups excluding tert-OH is 1. The third-order valence-corrected chi connectivity index (χ3v) is 4.28. The predicted molar refractivity (Wildman–Crippen MR) is 84.0 cm³/mol. The molecule has 2 N–H and O–H groups in total. The van der Waals surface area contributed by atoms with Crippen molar-refractivity contribution in [1.29, 1.82) is 0 Å². The summed E-state index contributed by atoms with van der Waals surface area (Å²) in [5.74, 6) is 0.855. The van der Waals surface area contributed by atoms with Gasteiger partial charge in [-0.3, -0.25) is 4.79 Å². The summed E-state index contributed by atoms with van der Waals surface area (Å²) in [6.07, 6.45) is 0.510. The molecule has 1 amide bonds. The molecule has 22 heavy (non-hydrogen) atoms. The smallest absolute Gasteiger partial charge is 0.220 e. The van der Waals surface area contributed by atoms with E-state index in [9.17, 15) is 9.90 Å². The highest BCUT2D eigenvalue weighted by Crippen LogP contribution is 2.39. The Morgan fingerprint density at radius 1 is 1.50 bits per heavy atom. The van der Waals surface area contributed by atoms with Crippen LogP contribution in [0.2, 0.25) is 0 Å². The van der Waals surface area contributed by atoms with Crippen LogP contribution >= 0.6 is 0 Å². The van der Waals surface area contributed by atoms with Gasteiger partial charge in [-0.2, -0.15) is 0 Å². The average Bonchev–Trinajstić information content (AvgIpc) is 2.51. The molecule has 2 unspecified atom stereocenters. The van der Waals surface area contributed by atoms with Crippen LogP contribution in [0.25, 0.3) is 0 Å². The molecule has 1 aliphatic rings. The first-order valence-electron chi connectivity index (χ1n) is 7.72. The summed E-state index contributed by atoms with van der Waals surface area (Å²) in [7, 11) is 1.57. The summed E-state index contributed by atoms with van der Waals surface area (Å²) >= 11 is 0. The first-order valence-corrected chi connectivity index (χ1v) is 7.72. The van der Waals surface area contributed by atoms with Crippen molar-refractivity contribution in [2.75, 3.05) is 20.3 Å². The SMILES string of the molecule is CCC(=O)NC1CCOc2c1cc(C(O)COC)c(C)c2C. The number of carbonyl (C=O) groups excluding carboxylic acids is 1. The largest absolute Gasteiger partial charge is 0.493 e. The second-order valence-corrected chi connectivity index (χ2v) is 5.72. The second-order valence-electron chi connectivity index (χ2n) is 5.72. The molecule has 2 atom stereocenters. The van der Waals surface area contributed by atoms with Crippen LogP contribution in [-0.2, 0) is 9.53 Å². The van der Waals surface area contributed by atoms with E-state index in [2.05, 4.69) is 5.32 Å². The Morgan fingerprint density at radius 2 is 2.23 bits per heavy atom. The number of carbonyl (C=O) groups is 1. The van der Waals surface area contributed by atoms with Gasteiger partial charge in [-0.25, -0.2) is 0 Å². The molecule has 0 bridgehead atoms. The third kappa shape index (κ3) is 3.25. The zero-order valence-electron chi connectivity index (χ0n) is 13.7. The predicted octanol–water partition coefficient (Wildman–Crippen LogP) is 2.33. The van der Waals surface area contributed by atoms with Crippen LogP contribution in [0.1, 0.15) is 54.2 Å². The van der Waals surface area contributed by atoms with Crippen LogP contribution in [0.15, 0.2) is 6.07 Å². The molecule has 0 fully saturated rings. The molecule has 1 heterocycles. The van der Waals surface area contributed by atoms with E-state index in [4.69, 9.17) is 9.47 Å². The van der Waals surface area contributed by atoms with Gasteiger partial charge in [0.2, 0.25) is 5.91 Å². The maximum atomic E-state index is 11.7. The number of rotatable bonds is 5. The molecule has 0 saturated heterocycles. The Balaban J connectivity index is 2.43. The van der Waals surface area contributed by atoms with Crippen molar-refractivity contribution in [3.63, 3.8) is 0 Å². The second kappa shape index (κ2) is 7.11. The lowest BCUT2D eigenvalue weighted by atomic mass is 9.89. The topological polar surface area (TPSA) is 67.8 Å². The van der Waals surface area contributed by atoms with Gasteiger partial charge in [0.25, 0.3) is 0 Å². The Hall–Kier alpha value is -1.59. The molecule has 1 aliphatic heterocycles. The minimum absolute atomic E-state index is 0.0232. The van der Waals surface area contributed by atoms with Gasteiger partial charge in [-0.1, -0.05) is 6.92 Å². The van der Waals surface area contributed by atoms with Crippen LogP contribution in [0.5, 0.6) is 5.75 Å². The third-order valence-electron chi connectivity index (χ3n) is 4.28. The first-order chi connectivity index (χ1) is 10.5. The van der Waals surface area contributed by atoms with E-state index in [0.717, 1.165) is 34.4 Å². The van der Waals surface area contributed by atoms with Crippen molar-refractivity contribution in [1.82, 2.24) is 5.32 Å². The lowest BCUT2D eigenvalue weighted by Crippen LogP contribution is -2.32. The highest BCUT2D eigenvalue weighted by Gasteiger charge is 2.27. The normalized spacial score (nSPS) is 18.3. The number of amides is 1. The molecular formula is C17H25NO4. The Kier molecular flexibility index (Phi) is 5.42. The molecule has 5 heteroatoms. The number of aliphatic hydroxyl groups is 1. The minimum atomic E-state index is -0.682. The minimum Gasteiger partial charge on any atom is -0.493 e. The van der Waals surface area contributed by atoms with Crippen molar-refractivity contribution < 1.29 is 19.4 Å². The molecule has 0 radical (unpaired) electrons. The van der Waals surface area contributed by atoms with Gasteiger partial charge >= 0.3 is 0 Å². The zero-order chi connectivity index (χ0) is 16.3. The van der Waals surface area contributed by atoms with E-state index in [1.54, 1.807) is 7.11 Å². The molecular weight excluding hydrogens is 282 g/mol. The lowest BCUT2D eigenvalue weighted by molar-refractivity contribution is -0.121. The van der Waals surface area contributed by atoms with E-state index in [1.807, 2.05) is 26.8 Å². The summed E-state index contributed by atoms with van der Waals surface area (Å²) < 4.78 is 10.9.